The van der Waals surface area contributed by atoms with E-state index in [4.69, 9.17) is 9.47 Å². The SMILES string of the molecule is COc1ccc(C2CCNCC2)cc1OC1CCCSC1. The Bertz CT molecular complexity index is 454. The van der Waals surface area contributed by atoms with E-state index in [0.29, 0.717) is 12.0 Å². The molecule has 1 aromatic rings. The van der Waals surface area contributed by atoms with Gasteiger partial charge in [-0.1, -0.05) is 6.07 Å². The zero-order chi connectivity index (χ0) is 14.5. The highest BCUT2D eigenvalue weighted by molar-refractivity contribution is 7.99. The van der Waals surface area contributed by atoms with Gasteiger partial charge in [-0.2, -0.15) is 11.8 Å². The van der Waals surface area contributed by atoms with E-state index < -0.39 is 0 Å². The summed E-state index contributed by atoms with van der Waals surface area (Å²) in [7, 11) is 1.72. The van der Waals surface area contributed by atoms with Crippen molar-refractivity contribution in [2.45, 2.75) is 37.7 Å². The maximum absolute atomic E-state index is 6.25. The molecular formula is C17H25NO2S. The molecule has 0 aromatic heterocycles. The van der Waals surface area contributed by atoms with Gasteiger partial charge < -0.3 is 14.8 Å². The molecule has 0 saturated carbocycles. The van der Waals surface area contributed by atoms with Crippen molar-refractivity contribution in [2.24, 2.45) is 0 Å². The van der Waals surface area contributed by atoms with Crippen LogP contribution in [0.2, 0.25) is 0 Å². The maximum Gasteiger partial charge on any atom is 0.161 e. The number of thioether (sulfide) groups is 1. The molecular weight excluding hydrogens is 282 g/mol. The van der Waals surface area contributed by atoms with Crippen LogP contribution in [0, 0.1) is 0 Å². The van der Waals surface area contributed by atoms with Gasteiger partial charge in [0, 0.05) is 5.75 Å². The third-order valence-electron chi connectivity index (χ3n) is 4.41. The van der Waals surface area contributed by atoms with E-state index in [1.807, 2.05) is 11.8 Å². The van der Waals surface area contributed by atoms with Crippen LogP contribution in [0.4, 0.5) is 0 Å². The maximum atomic E-state index is 6.25. The number of methoxy groups -OCH3 is 1. The predicted octanol–water partition coefficient (Wildman–Crippen LogP) is 3.44. The highest BCUT2D eigenvalue weighted by atomic mass is 32.2. The lowest BCUT2D eigenvalue weighted by molar-refractivity contribution is 0.202. The van der Waals surface area contributed by atoms with E-state index >= 15 is 0 Å². The molecule has 2 aliphatic rings. The van der Waals surface area contributed by atoms with Crippen molar-refractivity contribution in [1.29, 1.82) is 0 Å². The molecule has 2 aliphatic heterocycles. The molecule has 0 aliphatic carbocycles. The van der Waals surface area contributed by atoms with Crippen LogP contribution in [0.25, 0.3) is 0 Å². The average molecular weight is 307 g/mol. The zero-order valence-corrected chi connectivity index (χ0v) is 13.6. The van der Waals surface area contributed by atoms with Gasteiger partial charge in [-0.05, 0) is 68.1 Å². The van der Waals surface area contributed by atoms with Crippen LogP contribution in [0.1, 0.15) is 37.2 Å². The van der Waals surface area contributed by atoms with Gasteiger partial charge >= 0.3 is 0 Å². The van der Waals surface area contributed by atoms with Crippen LogP contribution in [0.5, 0.6) is 11.5 Å². The molecule has 1 aromatic carbocycles. The van der Waals surface area contributed by atoms with Crippen LogP contribution in [0.15, 0.2) is 18.2 Å². The number of nitrogens with one attached hydrogen (secondary N) is 1. The second-order valence-corrected chi connectivity index (χ2v) is 7.04. The topological polar surface area (TPSA) is 30.5 Å². The largest absolute Gasteiger partial charge is 0.493 e. The van der Waals surface area contributed by atoms with E-state index in [0.717, 1.165) is 36.8 Å². The molecule has 0 spiro atoms. The molecule has 0 bridgehead atoms. The Kier molecular flexibility index (Phi) is 5.31. The van der Waals surface area contributed by atoms with E-state index in [-0.39, 0.29) is 0 Å². The Morgan fingerprint density at radius 2 is 2.00 bits per heavy atom. The van der Waals surface area contributed by atoms with Crippen molar-refractivity contribution in [3.8, 4) is 11.5 Å². The van der Waals surface area contributed by atoms with Gasteiger partial charge in [0.1, 0.15) is 6.10 Å². The van der Waals surface area contributed by atoms with Gasteiger partial charge in [-0.25, -0.2) is 0 Å². The van der Waals surface area contributed by atoms with Gasteiger partial charge in [-0.15, -0.1) is 0 Å². The zero-order valence-electron chi connectivity index (χ0n) is 12.8. The average Bonchev–Trinajstić information content (AvgIpc) is 2.56. The minimum atomic E-state index is 0.334. The Balaban J connectivity index is 1.75. The summed E-state index contributed by atoms with van der Waals surface area (Å²) in [4.78, 5) is 0. The Labute approximate surface area is 131 Å². The molecule has 2 saturated heterocycles. The monoisotopic (exact) mass is 307 g/mol. The summed E-state index contributed by atoms with van der Waals surface area (Å²) in [5, 5.41) is 3.43. The van der Waals surface area contributed by atoms with Gasteiger partial charge in [0.05, 0.1) is 7.11 Å². The first-order valence-corrected chi connectivity index (χ1v) is 9.15. The van der Waals surface area contributed by atoms with Crippen LogP contribution in [-0.4, -0.2) is 37.8 Å². The molecule has 1 N–H and O–H groups in total. The molecule has 21 heavy (non-hydrogen) atoms. The van der Waals surface area contributed by atoms with Gasteiger partial charge in [0.25, 0.3) is 0 Å². The molecule has 4 heteroatoms. The van der Waals surface area contributed by atoms with Crippen LogP contribution >= 0.6 is 11.8 Å². The number of piperidine rings is 1. The van der Waals surface area contributed by atoms with Gasteiger partial charge in [0.15, 0.2) is 11.5 Å². The lowest BCUT2D eigenvalue weighted by Gasteiger charge is -2.26. The van der Waals surface area contributed by atoms with Gasteiger partial charge in [0.2, 0.25) is 0 Å². The van der Waals surface area contributed by atoms with E-state index in [1.165, 1.54) is 30.6 Å². The summed E-state index contributed by atoms with van der Waals surface area (Å²) < 4.78 is 11.7. The smallest absolute Gasteiger partial charge is 0.161 e. The summed E-state index contributed by atoms with van der Waals surface area (Å²) in [6, 6.07) is 6.49. The van der Waals surface area contributed by atoms with E-state index in [9.17, 15) is 0 Å². The number of benzene rings is 1. The molecule has 2 fully saturated rings. The van der Waals surface area contributed by atoms with Crippen molar-refractivity contribution < 1.29 is 9.47 Å². The second kappa shape index (κ2) is 7.41. The van der Waals surface area contributed by atoms with Crippen LogP contribution in [0.3, 0.4) is 0 Å². The summed E-state index contributed by atoms with van der Waals surface area (Å²) in [5.74, 6) is 4.82. The summed E-state index contributed by atoms with van der Waals surface area (Å²) in [6.07, 6.45) is 5.18. The fraction of sp³-hybridized carbons (Fsp3) is 0.647. The van der Waals surface area contributed by atoms with Crippen molar-refractivity contribution in [3.05, 3.63) is 23.8 Å². The van der Waals surface area contributed by atoms with Crippen molar-refractivity contribution >= 4 is 11.8 Å². The highest BCUT2D eigenvalue weighted by Crippen LogP contribution is 2.35. The van der Waals surface area contributed by atoms with Crippen LogP contribution < -0.4 is 14.8 Å². The molecule has 0 amide bonds. The summed E-state index contributed by atoms with van der Waals surface area (Å²) in [6.45, 7) is 2.23. The van der Waals surface area contributed by atoms with Crippen molar-refractivity contribution in [3.63, 3.8) is 0 Å². The quantitative estimate of drug-likeness (QED) is 0.923. The predicted molar refractivity (Wildman–Crippen MR) is 88.8 cm³/mol. The van der Waals surface area contributed by atoms with Crippen LogP contribution in [-0.2, 0) is 0 Å². The highest BCUT2D eigenvalue weighted by Gasteiger charge is 2.20. The molecule has 1 atom stereocenters. The first kappa shape index (κ1) is 15.0. The Hall–Kier alpha value is -0.870. The normalized spacial score (nSPS) is 23.8. The minimum absolute atomic E-state index is 0.334. The Morgan fingerprint density at radius 1 is 1.14 bits per heavy atom. The second-order valence-electron chi connectivity index (χ2n) is 5.89. The third kappa shape index (κ3) is 3.86. The number of hydrogen-bond acceptors (Lipinski definition) is 4. The minimum Gasteiger partial charge on any atom is -0.493 e. The van der Waals surface area contributed by atoms with E-state index in [1.54, 1.807) is 7.11 Å². The summed E-state index contributed by atoms with van der Waals surface area (Å²) >= 11 is 1.99. The number of hydrogen-bond donors (Lipinski definition) is 1. The number of ether oxygens (including phenoxy) is 2. The first-order valence-electron chi connectivity index (χ1n) is 8.00. The lowest BCUT2D eigenvalue weighted by atomic mass is 9.90. The fourth-order valence-corrected chi connectivity index (χ4v) is 4.21. The third-order valence-corrected chi connectivity index (χ3v) is 5.60. The molecule has 116 valence electrons. The van der Waals surface area contributed by atoms with E-state index in [2.05, 4.69) is 23.5 Å². The molecule has 3 nitrogen and oxygen atoms in total. The lowest BCUT2D eigenvalue weighted by Crippen LogP contribution is -2.27. The fourth-order valence-electron chi connectivity index (χ4n) is 3.18. The molecule has 2 heterocycles. The van der Waals surface area contributed by atoms with Crippen molar-refractivity contribution in [1.82, 2.24) is 5.32 Å². The summed E-state index contributed by atoms with van der Waals surface area (Å²) in [5.41, 5.74) is 1.40. The Morgan fingerprint density at radius 3 is 2.71 bits per heavy atom. The van der Waals surface area contributed by atoms with Crippen molar-refractivity contribution in [2.75, 3.05) is 31.7 Å². The standard InChI is InChI=1S/C17H25NO2S/c1-19-16-5-4-14(13-6-8-18-9-7-13)11-17(16)20-15-3-2-10-21-12-15/h4-5,11,13,15,18H,2-3,6-10,12H2,1H3. The van der Waals surface area contributed by atoms with Gasteiger partial charge in [-0.3, -0.25) is 0 Å². The molecule has 0 radical (unpaired) electrons. The molecule has 1 unspecified atom stereocenters. The molecule has 3 rings (SSSR count). The first-order chi connectivity index (χ1) is 10.4. The number of rotatable bonds is 4.